The summed E-state index contributed by atoms with van der Waals surface area (Å²) in [4.78, 5) is 22.4. The van der Waals surface area contributed by atoms with Crippen molar-refractivity contribution in [2.45, 2.75) is 13.5 Å². The number of H-pyrrole nitrogens is 1. The molecule has 0 saturated heterocycles. The SMILES string of the molecule is Cc1c(C(=O)O)[nH]c([N+](=O)[O-])c1CO. The highest BCUT2D eigenvalue weighted by Crippen LogP contribution is 2.24. The Bertz CT molecular complexity index is 395. The third kappa shape index (κ3) is 1.44. The van der Waals surface area contributed by atoms with E-state index in [2.05, 4.69) is 4.98 Å². The quantitative estimate of drug-likeness (QED) is 0.483. The molecule has 0 saturated carbocycles. The zero-order valence-corrected chi connectivity index (χ0v) is 7.27. The molecule has 0 aromatic carbocycles. The van der Waals surface area contributed by atoms with Crippen LogP contribution >= 0.6 is 0 Å². The van der Waals surface area contributed by atoms with Crippen LogP contribution in [0.4, 0.5) is 5.82 Å². The number of nitrogens with zero attached hydrogens (tertiary/aromatic N) is 1. The topological polar surface area (TPSA) is 116 Å². The molecule has 0 unspecified atom stereocenters. The number of nitrogens with one attached hydrogen (secondary N) is 1. The lowest BCUT2D eigenvalue weighted by atomic mass is 10.1. The van der Waals surface area contributed by atoms with Crippen LogP contribution < -0.4 is 0 Å². The van der Waals surface area contributed by atoms with Crippen LogP contribution in [-0.2, 0) is 6.61 Å². The molecule has 14 heavy (non-hydrogen) atoms. The van der Waals surface area contributed by atoms with Crippen molar-refractivity contribution < 1.29 is 19.9 Å². The number of aromatic amines is 1. The van der Waals surface area contributed by atoms with Crippen LogP contribution in [0.2, 0.25) is 0 Å². The Kier molecular flexibility index (Phi) is 2.52. The van der Waals surface area contributed by atoms with Crippen LogP contribution in [0.3, 0.4) is 0 Å². The molecule has 1 aromatic rings. The van der Waals surface area contributed by atoms with Gasteiger partial charge in [-0.25, -0.2) is 9.78 Å². The number of aromatic carboxylic acids is 1. The number of carboxylic acid groups (broad SMARTS) is 1. The lowest BCUT2D eigenvalue weighted by Gasteiger charge is -1.94. The van der Waals surface area contributed by atoms with Crippen molar-refractivity contribution in [2.24, 2.45) is 0 Å². The van der Waals surface area contributed by atoms with Crippen molar-refractivity contribution in [3.63, 3.8) is 0 Å². The van der Waals surface area contributed by atoms with Gasteiger partial charge in [0, 0.05) is 5.56 Å². The summed E-state index contributed by atoms with van der Waals surface area (Å²) in [5, 5.41) is 27.9. The van der Waals surface area contributed by atoms with Crippen LogP contribution in [0.5, 0.6) is 0 Å². The summed E-state index contributed by atoms with van der Waals surface area (Å²) in [6.45, 7) is 0.838. The van der Waals surface area contributed by atoms with Gasteiger partial charge >= 0.3 is 11.8 Å². The average molecular weight is 200 g/mol. The van der Waals surface area contributed by atoms with Crippen LogP contribution in [0.1, 0.15) is 21.6 Å². The van der Waals surface area contributed by atoms with Gasteiger partial charge in [-0.15, -0.1) is 0 Å². The fraction of sp³-hybridized carbons (Fsp3) is 0.286. The highest BCUT2D eigenvalue weighted by Gasteiger charge is 2.25. The molecule has 1 aromatic heterocycles. The largest absolute Gasteiger partial charge is 0.475 e. The van der Waals surface area contributed by atoms with Gasteiger partial charge in [-0.05, 0) is 11.8 Å². The van der Waals surface area contributed by atoms with Crippen molar-refractivity contribution in [1.82, 2.24) is 4.98 Å². The molecule has 0 aliphatic rings. The summed E-state index contributed by atoms with van der Waals surface area (Å²) in [7, 11) is 0. The molecule has 0 amide bonds. The number of hydrogen-bond acceptors (Lipinski definition) is 4. The molecule has 76 valence electrons. The highest BCUT2D eigenvalue weighted by molar-refractivity contribution is 5.88. The fourth-order valence-electron chi connectivity index (χ4n) is 1.18. The minimum atomic E-state index is -1.29. The highest BCUT2D eigenvalue weighted by atomic mass is 16.6. The van der Waals surface area contributed by atoms with Crippen molar-refractivity contribution in [3.05, 3.63) is 26.9 Å². The molecule has 1 rings (SSSR count). The number of rotatable bonds is 3. The third-order valence-electron chi connectivity index (χ3n) is 1.91. The Labute approximate surface area is 78.1 Å². The van der Waals surface area contributed by atoms with Gasteiger partial charge in [0.1, 0.15) is 0 Å². The van der Waals surface area contributed by atoms with Crippen LogP contribution in [-0.4, -0.2) is 26.1 Å². The first-order valence-electron chi connectivity index (χ1n) is 3.69. The second kappa shape index (κ2) is 3.46. The Balaban J connectivity index is 3.39. The van der Waals surface area contributed by atoms with E-state index in [1.807, 2.05) is 0 Å². The molecular weight excluding hydrogens is 192 g/mol. The molecule has 1 heterocycles. The summed E-state index contributed by atoms with van der Waals surface area (Å²) < 4.78 is 0. The van der Waals surface area contributed by atoms with Gasteiger partial charge in [0.25, 0.3) is 0 Å². The number of hydrogen-bond donors (Lipinski definition) is 3. The van der Waals surface area contributed by atoms with E-state index in [1.54, 1.807) is 0 Å². The van der Waals surface area contributed by atoms with E-state index in [1.165, 1.54) is 6.92 Å². The molecule has 0 bridgehead atoms. The Morgan fingerprint density at radius 1 is 1.64 bits per heavy atom. The maximum absolute atomic E-state index is 10.6. The van der Waals surface area contributed by atoms with E-state index >= 15 is 0 Å². The van der Waals surface area contributed by atoms with E-state index < -0.39 is 23.3 Å². The molecule has 3 N–H and O–H groups in total. The minimum absolute atomic E-state index is 0.00685. The average Bonchev–Trinajstić information content (AvgIpc) is 2.42. The predicted molar refractivity (Wildman–Crippen MR) is 45.1 cm³/mol. The number of nitro groups is 1. The Morgan fingerprint density at radius 2 is 2.21 bits per heavy atom. The first-order chi connectivity index (χ1) is 6.49. The van der Waals surface area contributed by atoms with Gasteiger partial charge in [0.05, 0.1) is 12.2 Å². The van der Waals surface area contributed by atoms with Gasteiger partial charge in [0.2, 0.25) is 5.69 Å². The summed E-state index contributed by atoms with van der Waals surface area (Å²) in [6.07, 6.45) is 0. The summed E-state index contributed by atoms with van der Waals surface area (Å²) in [5.74, 6) is -1.76. The van der Waals surface area contributed by atoms with Gasteiger partial charge in [-0.1, -0.05) is 0 Å². The van der Waals surface area contributed by atoms with Gasteiger partial charge in [-0.2, -0.15) is 0 Å². The standard InChI is InChI=1S/C7H8N2O5/c1-3-4(2-10)6(9(13)14)8-5(3)7(11)12/h8,10H,2H2,1H3,(H,11,12). The second-order valence-electron chi connectivity index (χ2n) is 2.67. The predicted octanol–water partition coefficient (Wildman–Crippen LogP) is 0.422. The molecule has 0 aliphatic carbocycles. The van der Waals surface area contributed by atoms with E-state index in [-0.39, 0.29) is 16.8 Å². The van der Waals surface area contributed by atoms with Crippen molar-refractivity contribution >= 4 is 11.8 Å². The number of aliphatic hydroxyl groups is 1. The van der Waals surface area contributed by atoms with Crippen molar-refractivity contribution in [1.29, 1.82) is 0 Å². The fourth-order valence-corrected chi connectivity index (χ4v) is 1.18. The molecule has 7 nitrogen and oxygen atoms in total. The minimum Gasteiger partial charge on any atom is -0.475 e. The zero-order chi connectivity index (χ0) is 10.9. The number of carboxylic acids is 1. The van der Waals surface area contributed by atoms with E-state index in [0.29, 0.717) is 0 Å². The zero-order valence-electron chi connectivity index (χ0n) is 7.27. The summed E-state index contributed by atoms with van der Waals surface area (Å²) >= 11 is 0. The van der Waals surface area contributed by atoms with E-state index in [4.69, 9.17) is 10.2 Å². The van der Waals surface area contributed by atoms with Gasteiger partial charge in [0.15, 0.2) is 0 Å². The van der Waals surface area contributed by atoms with Crippen molar-refractivity contribution in [3.8, 4) is 0 Å². The lowest BCUT2D eigenvalue weighted by molar-refractivity contribution is -0.390. The van der Waals surface area contributed by atoms with Gasteiger partial charge in [-0.3, -0.25) is 0 Å². The molecule has 7 heteroatoms. The van der Waals surface area contributed by atoms with Gasteiger partial charge < -0.3 is 20.3 Å². The lowest BCUT2D eigenvalue weighted by Crippen LogP contribution is -1.99. The molecule has 0 radical (unpaired) electrons. The summed E-state index contributed by atoms with van der Waals surface area (Å²) in [6, 6.07) is 0. The number of carbonyl (C=O) groups is 1. The first kappa shape index (κ1) is 10.2. The smallest absolute Gasteiger partial charge is 0.376 e. The normalized spacial score (nSPS) is 10.1. The van der Waals surface area contributed by atoms with Crippen LogP contribution in [0.15, 0.2) is 0 Å². The monoisotopic (exact) mass is 200 g/mol. The molecule has 0 spiro atoms. The third-order valence-corrected chi connectivity index (χ3v) is 1.91. The van der Waals surface area contributed by atoms with Crippen LogP contribution in [0, 0.1) is 17.0 Å². The second-order valence-corrected chi connectivity index (χ2v) is 2.67. The molecule has 0 fully saturated rings. The summed E-state index contributed by atoms with van der Waals surface area (Å²) in [5.41, 5.74) is -0.0696. The molecule has 0 atom stereocenters. The Hall–Kier alpha value is -1.89. The molecular formula is C7H8N2O5. The maximum atomic E-state index is 10.6. The first-order valence-corrected chi connectivity index (χ1v) is 3.69. The van der Waals surface area contributed by atoms with Crippen LogP contribution in [0.25, 0.3) is 0 Å². The number of aromatic nitrogens is 1. The maximum Gasteiger partial charge on any atom is 0.376 e. The van der Waals surface area contributed by atoms with E-state index in [0.717, 1.165) is 0 Å². The van der Waals surface area contributed by atoms with E-state index in [9.17, 15) is 14.9 Å². The van der Waals surface area contributed by atoms with Crippen molar-refractivity contribution in [2.75, 3.05) is 0 Å². The molecule has 0 aliphatic heterocycles. The number of aliphatic hydroxyl groups excluding tert-OH is 1. The Morgan fingerprint density at radius 3 is 2.50 bits per heavy atom.